The standard InChI is InChI=1S/C22H23NO3/c1-26-22(25)20-10-8-18(9-11-20)19-13-15-23(16-14-19)21(24)12-7-17-5-3-2-4-6-17/h2-12,19H,13-16H2,1H3. The van der Waals surface area contributed by atoms with Gasteiger partial charge in [0, 0.05) is 19.2 Å². The van der Waals surface area contributed by atoms with Gasteiger partial charge in [-0.05, 0) is 48.1 Å². The molecule has 134 valence electrons. The fourth-order valence-corrected chi connectivity index (χ4v) is 3.28. The summed E-state index contributed by atoms with van der Waals surface area (Å²) in [5.74, 6) is 0.166. The fourth-order valence-electron chi connectivity index (χ4n) is 3.28. The molecule has 1 amide bonds. The first kappa shape index (κ1) is 17.9. The molecule has 2 aromatic rings. The van der Waals surface area contributed by atoms with Crippen LogP contribution in [0.4, 0.5) is 0 Å². The Morgan fingerprint density at radius 2 is 1.65 bits per heavy atom. The predicted octanol–water partition coefficient (Wildman–Crippen LogP) is 3.89. The second kappa shape index (κ2) is 8.48. The number of nitrogens with zero attached hydrogens (tertiary/aromatic N) is 1. The van der Waals surface area contributed by atoms with Gasteiger partial charge in [-0.2, -0.15) is 0 Å². The van der Waals surface area contributed by atoms with E-state index < -0.39 is 0 Å². The molecule has 0 atom stereocenters. The van der Waals surface area contributed by atoms with E-state index in [-0.39, 0.29) is 11.9 Å². The normalized spacial score (nSPS) is 15.2. The highest BCUT2D eigenvalue weighted by atomic mass is 16.5. The molecule has 3 rings (SSSR count). The Labute approximate surface area is 154 Å². The molecule has 2 aromatic carbocycles. The molecule has 0 radical (unpaired) electrons. The van der Waals surface area contributed by atoms with Crippen molar-refractivity contribution in [1.29, 1.82) is 0 Å². The number of amides is 1. The first-order valence-corrected chi connectivity index (χ1v) is 8.87. The number of methoxy groups -OCH3 is 1. The summed E-state index contributed by atoms with van der Waals surface area (Å²) >= 11 is 0. The minimum Gasteiger partial charge on any atom is -0.465 e. The van der Waals surface area contributed by atoms with Gasteiger partial charge in [0.15, 0.2) is 0 Å². The van der Waals surface area contributed by atoms with Gasteiger partial charge in [-0.1, -0.05) is 42.5 Å². The average Bonchev–Trinajstić information content (AvgIpc) is 2.72. The number of piperidine rings is 1. The summed E-state index contributed by atoms with van der Waals surface area (Å²) in [6, 6.07) is 17.4. The number of esters is 1. The Morgan fingerprint density at radius 1 is 1.00 bits per heavy atom. The van der Waals surface area contributed by atoms with Crippen LogP contribution in [0.5, 0.6) is 0 Å². The Balaban J connectivity index is 1.54. The zero-order chi connectivity index (χ0) is 18.4. The fraction of sp³-hybridized carbons (Fsp3) is 0.273. The number of carbonyl (C=O) groups is 2. The van der Waals surface area contributed by atoms with E-state index in [1.807, 2.05) is 53.4 Å². The molecule has 0 aromatic heterocycles. The van der Waals surface area contributed by atoms with Gasteiger partial charge in [-0.25, -0.2) is 4.79 Å². The molecule has 0 bridgehead atoms. The molecule has 4 heteroatoms. The molecule has 0 aliphatic carbocycles. The molecule has 1 aliphatic rings. The van der Waals surface area contributed by atoms with Crippen LogP contribution >= 0.6 is 0 Å². The van der Waals surface area contributed by atoms with E-state index in [0.29, 0.717) is 11.5 Å². The van der Waals surface area contributed by atoms with Crippen LogP contribution in [0, 0.1) is 0 Å². The molecule has 0 N–H and O–H groups in total. The molecule has 1 aliphatic heterocycles. The van der Waals surface area contributed by atoms with Crippen molar-refractivity contribution in [3.05, 3.63) is 77.4 Å². The summed E-state index contributed by atoms with van der Waals surface area (Å²) in [6.45, 7) is 1.50. The summed E-state index contributed by atoms with van der Waals surface area (Å²) in [5.41, 5.74) is 2.81. The SMILES string of the molecule is COC(=O)c1ccc(C2CCN(C(=O)C=Cc3ccccc3)CC2)cc1. The summed E-state index contributed by atoms with van der Waals surface area (Å²) in [5, 5.41) is 0. The lowest BCUT2D eigenvalue weighted by molar-refractivity contribution is -0.126. The van der Waals surface area contributed by atoms with Gasteiger partial charge in [-0.3, -0.25) is 4.79 Å². The molecule has 26 heavy (non-hydrogen) atoms. The van der Waals surface area contributed by atoms with E-state index in [1.165, 1.54) is 12.7 Å². The monoisotopic (exact) mass is 349 g/mol. The average molecular weight is 349 g/mol. The third-order valence-electron chi connectivity index (χ3n) is 4.83. The van der Waals surface area contributed by atoms with Gasteiger partial charge in [0.05, 0.1) is 12.7 Å². The van der Waals surface area contributed by atoms with Crippen molar-refractivity contribution in [2.45, 2.75) is 18.8 Å². The number of hydrogen-bond donors (Lipinski definition) is 0. The largest absolute Gasteiger partial charge is 0.465 e. The van der Waals surface area contributed by atoms with Gasteiger partial charge in [0.25, 0.3) is 0 Å². The first-order valence-electron chi connectivity index (χ1n) is 8.87. The molecule has 0 saturated carbocycles. The maximum atomic E-state index is 12.4. The van der Waals surface area contributed by atoms with Crippen LogP contribution in [-0.4, -0.2) is 37.0 Å². The minimum atomic E-state index is -0.317. The number of likely N-dealkylation sites (tertiary alicyclic amines) is 1. The summed E-state index contributed by atoms with van der Waals surface area (Å²) in [4.78, 5) is 25.8. The lowest BCUT2D eigenvalue weighted by Gasteiger charge is -2.31. The lowest BCUT2D eigenvalue weighted by Crippen LogP contribution is -2.36. The first-order chi connectivity index (χ1) is 12.7. The smallest absolute Gasteiger partial charge is 0.337 e. The van der Waals surface area contributed by atoms with Crippen molar-refractivity contribution < 1.29 is 14.3 Å². The third-order valence-corrected chi connectivity index (χ3v) is 4.83. The maximum absolute atomic E-state index is 12.4. The zero-order valence-corrected chi connectivity index (χ0v) is 14.9. The van der Waals surface area contributed by atoms with Crippen LogP contribution in [0.1, 0.15) is 40.2 Å². The molecular weight excluding hydrogens is 326 g/mol. The molecule has 1 fully saturated rings. The van der Waals surface area contributed by atoms with Crippen LogP contribution in [-0.2, 0) is 9.53 Å². The number of rotatable bonds is 4. The van der Waals surface area contributed by atoms with Crippen LogP contribution in [0.2, 0.25) is 0 Å². The quantitative estimate of drug-likeness (QED) is 0.621. The van der Waals surface area contributed by atoms with Crippen molar-refractivity contribution in [2.24, 2.45) is 0 Å². The summed E-state index contributed by atoms with van der Waals surface area (Å²) in [6.07, 6.45) is 5.38. The second-order valence-corrected chi connectivity index (χ2v) is 6.46. The van der Waals surface area contributed by atoms with Crippen molar-refractivity contribution in [1.82, 2.24) is 4.90 Å². The molecule has 1 saturated heterocycles. The topological polar surface area (TPSA) is 46.6 Å². The molecule has 1 heterocycles. The molecule has 0 spiro atoms. The number of benzene rings is 2. The Morgan fingerprint density at radius 3 is 2.27 bits per heavy atom. The van der Waals surface area contributed by atoms with Gasteiger partial charge < -0.3 is 9.64 Å². The number of hydrogen-bond acceptors (Lipinski definition) is 3. The Hall–Kier alpha value is -2.88. The number of carbonyl (C=O) groups excluding carboxylic acids is 2. The van der Waals surface area contributed by atoms with Crippen LogP contribution in [0.25, 0.3) is 6.08 Å². The summed E-state index contributed by atoms with van der Waals surface area (Å²) < 4.78 is 4.73. The van der Waals surface area contributed by atoms with Crippen molar-refractivity contribution in [3.63, 3.8) is 0 Å². The maximum Gasteiger partial charge on any atom is 0.337 e. The highest BCUT2D eigenvalue weighted by molar-refractivity contribution is 5.92. The van der Waals surface area contributed by atoms with Gasteiger partial charge in [-0.15, -0.1) is 0 Å². The summed E-state index contributed by atoms with van der Waals surface area (Å²) in [7, 11) is 1.38. The van der Waals surface area contributed by atoms with Crippen molar-refractivity contribution in [2.75, 3.05) is 20.2 Å². The third kappa shape index (κ3) is 4.39. The highest BCUT2D eigenvalue weighted by Crippen LogP contribution is 2.28. The van der Waals surface area contributed by atoms with E-state index in [2.05, 4.69) is 0 Å². The van der Waals surface area contributed by atoms with E-state index >= 15 is 0 Å². The zero-order valence-electron chi connectivity index (χ0n) is 14.9. The number of ether oxygens (including phenoxy) is 1. The minimum absolute atomic E-state index is 0.0633. The van der Waals surface area contributed by atoms with Crippen molar-refractivity contribution >= 4 is 18.0 Å². The molecule has 4 nitrogen and oxygen atoms in total. The van der Waals surface area contributed by atoms with Gasteiger partial charge >= 0.3 is 5.97 Å². The van der Waals surface area contributed by atoms with E-state index in [4.69, 9.17) is 4.74 Å². The highest BCUT2D eigenvalue weighted by Gasteiger charge is 2.22. The van der Waals surface area contributed by atoms with E-state index in [1.54, 1.807) is 18.2 Å². The molecular formula is C22H23NO3. The lowest BCUT2D eigenvalue weighted by atomic mass is 9.89. The van der Waals surface area contributed by atoms with E-state index in [9.17, 15) is 9.59 Å². The van der Waals surface area contributed by atoms with Crippen LogP contribution in [0.15, 0.2) is 60.7 Å². The van der Waals surface area contributed by atoms with E-state index in [0.717, 1.165) is 31.5 Å². The van der Waals surface area contributed by atoms with Crippen molar-refractivity contribution in [3.8, 4) is 0 Å². The van der Waals surface area contributed by atoms with Crippen LogP contribution < -0.4 is 0 Å². The molecule has 0 unspecified atom stereocenters. The Bertz CT molecular complexity index is 773. The predicted molar refractivity (Wildman–Crippen MR) is 102 cm³/mol. The van der Waals surface area contributed by atoms with Crippen LogP contribution in [0.3, 0.4) is 0 Å². The second-order valence-electron chi connectivity index (χ2n) is 6.46. The Kier molecular flexibility index (Phi) is 5.84. The van der Waals surface area contributed by atoms with Gasteiger partial charge in [0.2, 0.25) is 5.91 Å². The van der Waals surface area contributed by atoms with Gasteiger partial charge in [0.1, 0.15) is 0 Å².